The van der Waals surface area contributed by atoms with Crippen LogP contribution in [0.15, 0.2) is 53.5 Å². The SMILES string of the molecule is CCc1cc(=O)[nH]c(-c2ccc(N3CCOC4(CCc5ccccc54)C3)nc2)n1. The number of morpholine rings is 1. The molecule has 29 heavy (non-hydrogen) atoms. The van der Waals surface area contributed by atoms with E-state index in [0.29, 0.717) is 12.4 Å². The lowest BCUT2D eigenvalue weighted by atomic mass is 9.93. The average Bonchev–Trinajstić information content (AvgIpc) is 3.11. The van der Waals surface area contributed by atoms with Gasteiger partial charge in [0.15, 0.2) is 0 Å². The molecule has 148 valence electrons. The van der Waals surface area contributed by atoms with Gasteiger partial charge in [0, 0.05) is 30.1 Å². The van der Waals surface area contributed by atoms with Gasteiger partial charge < -0.3 is 14.6 Å². The molecule has 1 aliphatic heterocycles. The minimum absolute atomic E-state index is 0.133. The Morgan fingerprint density at radius 3 is 2.97 bits per heavy atom. The summed E-state index contributed by atoms with van der Waals surface area (Å²) in [4.78, 5) is 26.2. The normalized spacial score (nSPS) is 20.8. The zero-order valence-electron chi connectivity index (χ0n) is 16.5. The summed E-state index contributed by atoms with van der Waals surface area (Å²) >= 11 is 0. The van der Waals surface area contributed by atoms with E-state index in [1.54, 1.807) is 6.20 Å². The van der Waals surface area contributed by atoms with Crippen LogP contribution >= 0.6 is 0 Å². The van der Waals surface area contributed by atoms with Gasteiger partial charge in [-0.25, -0.2) is 9.97 Å². The van der Waals surface area contributed by atoms with Gasteiger partial charge in [0.1, 0.15) is 17.2 Å². The third-order valence-corrected chi connectivity index (χ3v) is 5.99. The molecular weight excluding hydrogens is 364 g/mol. The fraction of sp³-hybridized carbons (Fsp3) is 0.348. The number of rotatable bonds is 3. The van der Waals surface area contributed by atoms with Crippen LogP contribution in [0, 0.1) is 0 Å². The number of ether oxygens (including phenoxy) is 1. The second-order valence-corrected chi connectivity index (χ2v) is 7.77. The highest BCUT2D eigenvalue weighted by molar-refractivity contribution is 5.57. The van der Waals surface area contributed by atoms with E-state index in [4.69, 9.17) is 4.74 Å². The molecule has 0 bridgehead atoms. The molecule has 0 radical (unpaired) electrons. The van der Waals surface area contributed by atoms with Crippen molar-refractivity contribution < 1.29 is 4.74 Å². The average molecular weight is 388 g/mol. The molecule has 1 N–H and O–H groups in total. The summed E-state index contributed by atoms with van der Waals surface area (Å²) in [6.45, 7) is 4.29. The molecule has 2 aromatic heterocycles. The van der Waals surface area contributed by atoms with Crippen LogP contribution in [0.2, 0.25) is 0 Å². The molecule has 2 aliphatic rings. The molecule has 1 atom stereocenters. The Morgan fingerprint density at radius 2 is 2.14 bits per heavy atom. The number of aromatic nitrogens is 3. The fourth-order valence-electron chi connectivity index (χ4n) is 4.49. The van der Waals surface area contributed by atoms with Crippen LogP contribution in [0.4, 0.5) is 5.82 Å². The lowest BCUT2D eigenvalue weighted by Gasteiger charge is -2.41. The molecule has 1 aromatic carbocycles. The van der Waals surface area contributed by atoms with Crippen molar-refractivity contribution in [2.75, 3.05) is 24.6 Å². The van der Waals surface area contributed by atoms with Gasteiger partial charge in [0.2, 0.25) is 0 Å². The number of hydrogen-bond donors (Lipinski definition) is 1. The maximum absolute atomic E-state index is 11.9. The Morgan fingerprint density at radius 1 is 1.24 bits per heavy atom. The molecule has 1 aliphatic carbocycles. The Hall–Kier alpha value is -2.99. The van der Waals surface area contributed by atoms with Gasteiger partial charge in [-0.2, -0.15) is 0 Å². The topological polar surface area (TPSA) is 71.1 Å². The fourth-order valence-corrected chi connectivity index (χ4v) is 4.49. The molecule has 5 rings (SSSR count). The first-order chi connectivity index (χ1) is 14.2. The molecule has 6 nitrogen and oxygen atoms in total. The highest BCUT2D eigenvalue weighted by atomic mass is 16.5. The number of aryl methyl sites for hydroxylation is 2. The van der Waals surface area contributed by atoms with E-state index in [-0.39, 0.29) is 11.2 Å². The van der Waals surface area contributed by atoms with Crippen molar-refractivity contribution in [3.8, 4) is 11.4 Å². The van der Waals surface area contributed by atoms with Crippen molar-refractivity contribution in [1.82, 2.24) is 15.0 Å². The lowest BCUT2D eigenvalue weighted by molar-refractivity contribution is -0.0594. The Balaban J connectivity index is 1.41. The molecule has 1 spiro atoms. The third-order valence-electron chi connectivity index (χ3n) is 5.99. The summed E-state index contributed by atoms with van der Waals surface area (Å²) in [5.41, 5.74) is 3.93. The number of pyridine rings is 1. The standard InChI is InChI=1S/C23H24N4O2/c1-2-18-13-21(28)26-22(25-18)17-7-8-20(24-14-17)27-11-12-29-23(15-27)10-9-16-5-3-4-6-19(16)23/h3-8,13-14H,2,9-12,15H2,1H3,(H,25,26,28). The van der Waals surface area contributed by atoms with Gasteiger partial charge >= 0.3 is 0 Å². The number of H-pyrrole nitrogens is 1. The smallest absolute Gasteiger partial charge is 0.251 e. The Bertz CT molecular complexity index is 1090. The molecule has 3 aromatic rings. The van der Waals surface area contributed by atoms with Crippen LogP contribution in [-0.2, 0) is 23.2 Å². The van der Waals surface area contributed by atoms with Crippen LogP contribution in [0.5, 0.6) is 0 Å². The van der Waals surface area contributed by atoms with Gasteiger partial charge in [-0.05, 0) is 42.5 Å². The molecule has 1 unspecified atom stereocenters. The molecule has 3 heterocycles. The quantitative estimate of drug-likeness (QED) is 0.747. The highest BCUT2D eigenvalue weighted by Crippen LogP contribution is 2.42. The molecule has 0 amide bonds. The number of nitrogens with one attached hydrogen (secondary N) is 1. The van der Waals surface area contributed by atoms with Crippen LogP contribution < -0.4 is 10.5 Å². The largest absolute Gasteiger partial charge is 0.367 e. The van der Waals surface area contributed by atoms with E-state index in [0.717, 1.165) is 49.4 Å². The maximum atomic E-state index is 11.9. The summed E-state index contributed by atoms with van der Waals surface area (Å²) in [5.74, 6) is 1.49. The predicted molar refractivity (Wildman–Crippen MR) is 112 cm³/mol. The first kappa shape index (κ1) is 18.1. The first-order valence-electron chi connectivity index (χ1n) is 10.2. The number of fused-ring (bicyclic) bond motifs is 2. The molecule has 1 saturated heterocycles. The van der Waals surface area contributed by atoms with Crippen LogP contribution in [-0.4, -0.2) is 34.6 Å². The Kier molecular flexibility index (Phi) is 4.43. The van der Waals surface area contributed by atoms with Gasteiger partial charge in [0.25, 0.3) is 5.56 Å². The number of nitrogens with zero attached hydrogens (tertiary/aromatic N) is 3. The van der Waals surface area contributed by atoms with Crippen LogP contribution in [0.25, 0.3) is 11.4 Å². The number of benzene rings is 1. The number of anilines is 1. The van der Waals surface area contributed by atoms with Crippen molar-refractivity contribution in [3.05, 3.63) is 75.8 Å². The van der Waals surface area contributed by atoms with Gasteiger partial charge in [-0.1, -0.05) is 31.2 Å². The van der Waals surface area contributed by atoms with E-state index in [2.05, 4.69) is 44.1 Å². The number of hydrogen-bond acceptors (Lipinski definition) is 5. The highest BCUT2D eigenvalue weighted by Gasteiger charge is 2.43. The van der Waals surface area contributed by atoms with Crippen molar-refractivity contribution in [2.45, 2.75) is 31.8 Å². The van der Waals surface area contributed by atoms with E-state index >= 15 is 0 Å². The van der Waals surface area contributed by atoms with Gasteiger partial charge in [-0.15, -0.1) is 0 Å². The summed E-state index contributed by atoms with van der Waals surface area (Å²) in [7, 11) is 0. The van der Waals surface area contributed by atoms with E-state index in [9.17, 15) is 4.79 Å². The van der Waals surface area contributed by atoms with E-state index in [1.807, 2.05) is 19.1 Å². The summed E-state index contributed by atoms with van der Waals surface area (Å²) in [6.07, 6.45) is 4.58. The molecule has 6 heteroatoms. The lowest BCUT2D eigenvalue weighted by Crippen LogP contribution is -2.49. The van der Waals surface area contributed by atoms with Gasteiger partial charge in [0.05, 0.1) is 13.2 Å². The third kappa shape index (κ3) is 3.23. The molecule has 1 fully saturated rings. The van der Waals surface area contributed by atoms with Crippen molar-refractivity contribution >= 4 is 5.82 Å². The van der Waals surface area contributed by atoms with E-state index < -0.39 is 0 Å². The summed E-state index contributed by atoms with van der Waals surface area (Å²) < 4.78 is 6.32. The zero-order valence-corrected chi connectivity index (χ0v) is 16.5. The monoisotopic (exact) mass is 388 g/mol. The van der Waals surface area contributed by atoms with Crippen molar-refractivity contribution in [2.24, 2.45) is 0 Å². The summed E-state index contributed by atoms with van der Waals surface area (Å²) in [6, 6.07) is 14.1. The second-order valence-electron chi connectivity index (χ2n) is 7.77. The summed E-state index contributed by atoms with van der Waals surface area (Å²) in [5, 5.41) is 0. The molecular formula is C23H24N4O2. The minimum Gasteiger partial charge on any atom is -0.367 e. The van der Waals surface area contributed by atoms with Gasteiger partial charge in [-0.3, -0.25) is 4.79 Å². The molecule has 0 saturated carbocycles. The Labute approximate surface area is 169 Å². The maximum Gasteiger partial charge on any atom is 0.251 e. The van der Waals surface area contributed by atoms with E-state index in [1.165, 1.54) is 17.2 Å². The first-order valence-corrected chi connectivity index (χ1v) is 10.2. The van der Waals surface area contributed by atoms with Crippen LogP contribution in [0.3, 0.4) is 0 Å². The zero-order chi connectivity index (χ0) is 19.8. The van der Waals surface area contributed by atoms with Crippen molar-refractivity contribution in [3.63, 3.8) is 0 Å². The van der Waals surface area contributed by atoms with Crippen molar-refractivity contribution in [1.29, 1.82) is 0 Å². The predicted octanol–water partition coefficient (Wildman–Crippen LogP) is 3.07. The minimum atomic E-state index is -0.239. The number of aromatic amines is 1. The van der Waals surface area contributed by atoms with Crippen LogP contribution in [0.1, 0.15) is 30.2 Å². The second kappa shape index (κ2) is 7.12.